The topological polar surface area (TPSA) is 38.3 Å². The van der Waals surface area contributed by atoms with Crippen LogP contribution in [0.15, 0.2) is 60.7 Å². The minimum Gasteiger partial charge on any atom is -0.497 e. The maximum atomic E-state index is 13.9. The van der Waals surface area contributed by atoms with E-state index in [0.29, 0.717) is 16.3 Å². The van der Waals surface area contributed by atoms with E-state index >= 15 is 0 Å². The van der Waals surface area contributed by atoms with Crippen molar-refractivity contribution in [3.05, 3.63) is 77.6 Å². The van der Waals surface area contributed by atoms with Gasteiger partial charge in [0.1, 0.15) is 11.6 Å². The van der Waals surface area contributed by atoms with Crippen molar-refractivity contribution < 1.29 is 13.9 Å². The molecule has 0 fully saturated rings. The van der Waals surface area contributed by atoms with Crippen LogP contribution in [0.25, 0.3) is 10.8 Å². The molecule has 3 aromatic carbocycles. The number of nitrogens with one attached hydrogen (secondary N) is 1. The monoisotopic (exact) mass is 323 g/mol. The Morgan fingerprint density at radius 1 is 1.00 bits per heavy atom. The molecule has 0 aromatic heterocycles. The van der Waals surface area contributed by atoms with E-state index in [4.69, 9.17) is 4.74 Å². The summed E-state index contributed by atoms with van der Waals surface area (Å²) < 4.78 is 19.0. The first-order valence-electron chi connectivity index (χ1n) is 7.72. The summed E-state index contributed by atoms with van der Waals surface area (Å²) in [6.07, 6.45) is 0. The van der Waals surface area contributed by atoms with Crippen molar-refractivity contribution in [3.8, 4) is 5.75 Å². The Morgan fingerprint density at radius 2 is 1.67 bits per heavy atom. The number of halogens is 1. The number of rotatable bonds is 4. The van der Waals surface area contributed by atoms with Crippen molar-refractivity contribution in [1.82, 2.24) is 5.32 Å². The predicted octanol–water partition coefficient (Wildman–Crippen LogP) is 4.48. The first kappa shape index (κ1) is 16.0. The van der Waals surface area contributed by atoms with Crippen LogP contribution in [0.2, 0.25) is 0 Å². The van der Waals surface area contributed by atoms with Crippen molar-refractivity contribution in [2.75, 3.05) is 7.11 Å². The Balaban J connectivity index is 1.85. The molecule has 3 aromatic rings. The van der Waals surface area contributed by atoms with Crippen LogP contribution in [0.5, 0.6) is 5.75 Å². The fourth-order valence-electron chi connectivity index (χ4n) is 2.71. The lowest BCUT2D eigenvalue weighted by Gasteiger charge is -2.16. The Bertz CT molecular complexity index is 874. The van der Waals surface area contributed by atoms with Crippen molar-refractivity contribution in [3.63, 3.8) is 0 Å². The summed E-state index contributed by atoms with van der Waals surface area (Å²) in [5.41, 5.74) is 1.43. The second kappa shape index (κ2) is 6.71. The zero-order valence-electron chi connectivity index (χ0n) is 13.5. The standard InChI is InChI=1S/C20H18FNO2/c1-13(14-7-9-15(24-2)10-8-14)22-20(23)18-11-12-19(21)17-6-4-3-5-16(17)18/h3-13H,1-2H3,(H,22,23)/t13-/m0/s1. The molecule has 0 saturated heterocycles. The summed E-state index contributed by atoms with van der Waals surface area (Å²) >= 11 is 0. The van der Waals surface area contributed by atoms with Crippen LogP contribution in [0.3, 0.4) is 0 Å². The highest BCUT2D eigenvalue weighted by Gasteiger charge is 2.15. The van der Waals surface area contributed by atoms with Gasteiger partial charge in [0, 0.05) is 10.9 Å². The quantitative estimate of drug-likeness (QED) is 0.769. The lowest BCUT2D eigenvalue weighted by molar-refractivity contribution is 0.0941. The summed E-state index contributed by atoms with van der Waals surface area (Å²) in [4.78, 5) is 12.6. The van der Waals surface area contributed by atoms with E-state index in [1.807, 2.05) is 31.2 Å². The third-order valence-electron chi connectivity index (χ3n) is 4.08. The first-order valence-corrected chi connectivity index (χ1v) is 7.72. The van der Waals surface area contributed by atoms with Crippen molar-refractivity contribution >= 4 is 16.7 Å². The van der Waals surface area contributed by atoms with Gasteiger partial charge in [0.2, 0.25) is 0 Å². The summed E-state index contributed by atoms with van der Waals surface area (Å²) in [6, 6.07) is 17.2. The average molecular weight is 323 g/mol. The van der Waals surface area contributed by atoms with E-state index in [-0.39, 0.29) is 17.8 Å². The normalized spacial score (nSPS) is 12.0. The van der Waals surface area contributed by atoms with Gasteiger partial charge in [-0.1, -0.05) is 36.4 Å². The molecule has 0 aliphatic rings. The van der Waals surface area contributed by atoms with E-state index < -0.39 is 0 Å². The Morgan fingerprint density at radius 3 is 2.33 bits per heavy atom. The van der Waals surface area contributed by atoms with Gasteiger partial charge in [0.05, 0.1) is 13.2 Å². The third-order valence-corrected chi connectivity index (χ3v) is 4.08. The van der Waals surface area contributed by atoms with Gasteiger partial charge in [-0.25, -0.2) is 4.39 Å². The molecule has 122 valence electrons. The van der Waals surface area contributed by atoms with Gasteiger partial charge in [-0.3, -0.25) is 4.79 Å². The molecular formula is C20H18FNO2. The van der Waals surface area contributed by atoms with Gasteiger partial charge >= 0.3 is 0 Å². The lowest BCUT2D eigenvalue weighted by Crippen LogP contribution is -2.26. The second-order valence-corrected chi connectivity index (χ2v) is 5.61. The number of amides is 1. The maximum Gasteiger partial charge on any atom is 0.252 e. The molecule has 24 heavy (non-hydrogen) atoms. The van der Waals surface area contributed by atoms with E-state index in [1.54, 1.807) is 31.4 Å². The molecule has 3 nitrogen and oxygen atoms in total. The predicted molar refractivity (Wildman–Crippen MR) is 92.8 cm³/mol. The molecular weight excluding hydrogens is 305 g/mol. The highest BCUT2D eigenvalue weighted by atomic mass is 19.1. The van der Waals surface area contributed by atoms with E-state index in [9.17, 15) is 9.18 Å². The Kier molecular flexibility index (Phi) is 4.47. The molecule has 4 heteroatoms. The molecule has 0 bridgehead atoms. The number of ether oxygens (including phenoxy) is 1. The second-order valence-electron chi connectivity index (χ2n) is 5.61. The number of hydrogen-bond donors (Lipinski definition) is 1. The van der Waals surface area contributed by atoms with E-state index in [2.05, 4.69) is 5.32 Å². The molecule has 0 heterocycles. The first-order chi connectivity index (χ1) is 11.6. The smallest absolute Gasteiger partial charge is 0.252 e. The zero-order chi connectivity index (χ0) is 17.1. The van der Waals surface area contributed by atoms with Crippen LogP contribution >= 0.6 is 0 Å². The number of hydrogen-bond acceptors (Lipinski definition) is 2. The van der Waals surface area contributed by atoms with E-state index in [1.165, 1.54) is 12.1 Å². The Labute approximate surface area is 140 Å². The van der Waals surface area contributed by atoms with Crippen molar-refractivity contribution in [2.45, 2.75) is 13.0 Å². The number of carbonyl (C=O) groups is 1. The largest absolute Gasteiger partial charge is 0.497 e. The van der Waals surface area contributed by atoms with Gasteiger partial charge in [0.25, 0.3) is 5.91 Å². The molecule has 0 spiro atoms. The molecule has 0 aliphatic heterocycles. The summed E-state index contributed by atoms with van der Waals surface area (Å²) in [5.74, 6) is 0.210. The number of benzene rings is 3. The zero-order valence-corrected chi connectivity index (χ0v) is 13.5. The van der Waals surface area contributed by atoms with Gasteiger partial charge in [-0.2, -0.15) is 0 Å². The molecule has 3 rings (SSSR count). The third kappa shape index (κ3) is 3.08. The fraction of sp³-hybridized carbons (Fsp3) is 0.150. The summed E-state index contributed by atoms with van der Waals surface area (Å²) in [7, 11) is 1.61. The molecule has 1 N–H and O–H groups in total. The van der Waals surface area contributed by atoms with Crippen LogP contribution in [-0.4, -0.2) is 13.0 Å². The van der Waals surface area contributed by atoms with Crippen LogP contribution < -0.4 is 10.1 Å². The summed E-state index contributed by atoms with van der Waals surface area (Å²) in [5, 5.41) is 4.01. The lowest BCUT2D eigenvalue weighted by atomic mass is 10.0. The minimum atomic E-state index is -0.328. The van der Waals surface area contributed by atoms with Crippen molar-refractivity contribution in [1.29, 1.82) is 0 Å². The summed E-state index contributed by atoms with van der Waals surface area (Å²) in [6.45, 7) is 1.91. The SMILES string of the molecule is COc1ccc([C@H](C)NC(=O)c2ccc(F)c3ccccc23)cc1. The van der Waals surface area contributed by atoms with Crippen LogP contribution in [-0.2, 0) is 0 Å². The van der Waals surface area contributed by atoms with Gasteiger partial charge < -0.3 is 10.1 Å². The van der Waals surface area contributed by atoms with Gasteiger partial charge in [0.15, 0.2) is 0 Å². The highest BCUT2D eigenvalue weighted by molar-refractivity contribution is 6.07. The maximum absolute atomic E-state index is 13.9. The molecule has 0 radical (unpaired) electrons. The molecule has 0 unspecified atom stereocenters. The highest BCUT2D eigenvalue weighted by Crippen LogP contribution is 2.23. The average Bonchev–Trinajstić information content (AvgIpc) is 2.62. The molecule has 0 aliphatic carbocycles. The molecule has 0 saturated carbocycles. The minimum absolute atomic E-state index is 0.174. The van der Waals surface area contributed by atoms with Gasteiger partial charge in [-0.15, -0.1) is 0 Å². The van der Waals surface area contributed by atoms with Gasteiger partial charge in [-0.05, 0) is 42.1 Å². The molecule has 1 atom stereocenters. The van der Waals surface area contributed by atoms with Crippen LogP contribution in [0.1, 0.15) is 28.9 Å². The van der Waals surface area contributed by atoms with Crippen LogP contribution in [0.4, 0.5) is 4.39 Å². The number of fused-ring (bicyclic) bond motifs is 1. The van der Waals surface area contributed by atoms with E-state index in [0.717, 1.165) is 11.3 Å². The van der Waals surface area contributed by atoms with Crippen molar-refractivity contribution in [2.24, 2.45) is 0 Å². The number of methoxy groups -OCH3 is 1. The Hall–Kier alpha value is -2.88. The van der Waals surface area contributed by atoms with Crippen LogP contribution in [0, 0.1) is 5.82 Å². The molecule has 1 amide bonds. The number of carbonyl (C=O) groups excluding carboxylic acids is 1. The fourth-order valence-corrected chi connectivity index (χ4v) is 2.71.